The summed E-state index contributed by atoms with van der Waals surface area (Å²) in [7, 11) is 0. The fourth-order valence-electron chi connectivity index (χ4n) is 4.16. The number of nitrogens with zero attached hydrogens (tertiary/aromatic N) is 3. The van der Waals surface area contributed by atoms with Gasteiger partial charge in [-0.2, -0.15) is 10.1 Å². The highest BCUT2D eigenvalue weighted by Gasteiger charge is 2.40. The molecular weight excluding hydrogens is 356 g/mol. The van der Waals surface area contributed by atoms with Gasteiger partial charge in [0, 0.05) is 29.2 Å². The van der Waals surface area contributed by atoms with E-state index in [0.29, 0.717) is 25.4 Å². The van der Waals surface area contributed by atoms with Crippen LogP contribution in [-0.2, 0) is 4.79 Å². The number of nitrogens with one attached hydrogen (secondary N) is 1. The Kier molecular flexibility index (Phi) is 4.00. The molecule has 0 radical (unpaired) electrons. The number of hydrogen-bond acceptors (Lipinski definition) is 6. The van der Waals surface area contributed by atoms with Gasteiger partial charge in [0.2, 0.25) is 5.95 Å². The Morgan fingerprint density at radius 3 is 2.96 bits per heavy atom. The number of furan rings is 1. The Hall–Kier alpha value is -3.35. The first-order valence-corrected chi connectivity index (χ1v) is 9.44. The Labute approximate surface area is 162 Å². The summed E-state index contributed by atoms with van der Waals surface area (Å²) < 4.78 is 13.2. The molecule has 1 aliphatic carbocycles. The maximum absolute atomic E-state index is 13.3. The van der Waals surface area contributed by atoms with E-state index in [1.165, 1.54) is 6.33 Å². The quantitative estimate of drug-likeness (QED) is 0.748. The predicted molar refractivity (Wildman–Crippen MR) is 102 cm³/mol. The molecule has 7 heteroatoms. The van der Waals surface area contributed by atoms with Crippen LogP contribution in [0.15, 0.2) is 64.7 Å². The molecule has 7 nitrogen and oxygen atoms in total. The highest BCUT2D eigenvalue weighted by molar-refractivity contribution is 6.00. The number of aromatic nitrogens is 3. The normalized spacial score (nSPS) is 21.1. The molecule has 0 fully saturated rings. The van der Waals surface area contributed by atoms with E-state index in [9.17, 15) is 4.79 Å². The number of rotatable bonds is 4. The Balaban J connectivity index is 1.63. The number of para-hydroxylation sites is 1. The minimum atomic E-state index is -0.360. The van der Waals surface area contributed by atoms with Crippen molar-refractivity contribution in [2.45, 2.75) is 31.7 Å². The summed E-state index contributed by atoms with van der Waals surface area (Å²) >= 11 is 0. The minimum Gasteiger partial charge on any atom is -0.494 e. The maximum Gasteiger partial charge on any atom is 0.226 e. The van der Waals surface area contributed by atoms with Crippen LogP contribution in [-0.4, -0.2) is 27.2 Å². The lowest BCUT2D eigenvalue weighted by Gasteiger charge is -2.35. The van der Waals surface area contributed by atoms with E-state index < -0.39 is 0 Å². The van der Waals surface area contributed by atoms with E-state index in [0.717, 1.165) is 28.3 Å². The molecular formula is C21H20N4O3. The minimum absolute atomic E-state index is 0.0195. The van der Waals surface area contributed by atoms with Crippen molar-refractivity contribution in [2.75, 3.05) is 11.9 Å². The summed E-state index contributed by atoms with van der Waals surface area (Å²) in [6, 6.07) is 11.2. The number of ketones is 1. The number of carbonyl (C=O) groups excluding carboxylic acids is 1. The molecule has 2 aliphatic rings. The van der Waals surface area contributed by atoms with Gasteiger partial charge >= 0.3 is 0 Å². The SMILES string of the molecule is CCOc1ccccc1[C@H]1C2=C(C[C@H](c3ccco3)CC2=O)Nc2ncnn21. The number of hydrogen-bond donors (Lipinski definition) is 1. The highest BCUT2D eigenvalue weighted by Crippen LogP contribution is 2.45. The van der Waals surface area contributed by atoms with Crippen molar-refractivity contribution in [3.8, 4) is 5.75 Å². The molecule has 2 atom stereocenters. The number of carbonyl (C=O) groups is 1. The Morgan fingerprint density at radius 1 is 1.25 bits per heavy atom. The average molecular weight is 376 g/mol. The van der Waals surface area contributed by atoms with Gasteiger partial charge in [0.25, 0.3) is 0 Å². The number of allylic oxidation sites excluding steroid dienone is 2. The van der Waals surface area contributed by atoms with Gasteiger partial charge in [0.15, 0.2) is 5.78 Å². The first-order chi connectivity index (χ1) is 13.8. The van der Waals surface area contributed by atoms with Crippen LogP contribution in [0.1, 0.15) is 43.0 Å². The van der Waals surface area contributed by atoms with Gasteiger partial charge in [-0.3, -0.25) is 4.79 Å². The summed E-state index contributed by atoms with van der Waals surface area (Å²) in [5.74, 6) is 2.33. The summed E-state index contributed by atoms with van der Waals surface area (Å²) in [4.78, 5) is 17.6. The molecule has 28 heavy (non-hydrogen) atoms. The van der Waals surface area contributed by atoms with Crippen molar-refractivity contribution in [1.82, 2.24) is 14.8 Å². The third-order valence-electron chi connectivity index (χ3n) is 5.32. The zero-order valence-electron chi connectivity index (χ0n) is 15.5. The van der Waals surface area contributed by atoms with E-state index in [-0.39, 0.29) is 17.7 Å². The fraction of sp³-hybridized carbons (Fsp3) is 0.286. The van der Waals surface area contributed by atoms with Crippen LogP contribution < -0.4 is 10.1 Å². The number of benzene rings is 1. The molecule has 0 bridgehead atoms. The van der Waals surface area contributed by atoms with Crippen LogP contribution in [0.2, 0.25) is 0 Å². The zero-order valence-corrected chi connectivity index (χ0v) is 15.5. The van der Waals surface area contributed by atoms with E-state index in [4.69, 9.17) is 9.15 Å². The Bertz CT molecular complexity index is 1050. The summed E-state index contributed by atoms with van der Waals surface area (Å²) in [5.41, 5.74) is 2.53. The Morgan fingerprint density at radius 2 is 2.14 bits per heavy atom. The predicted octanol–water partition coefficient (Wildman–Crippen LogP) is 3.69. The van der Waals surface area contributed by atoms with Gasteiger partial charge in [0.05, 0.1) is 12.9 Å². The molecule has 0 spiro atoms. The highest BCUT2D eigenvalue weighted by atomic mass is 16.5. The molecule has 5 rings (SSSR count). The van der Waals surface area contributed by atoms with Crippen molar-refractivity contribution in [3.63, 3.8) is 0 Å². The van der Waals surface area contributed by atoms with E-state index in [1.54, 1.807) is 10.9 Å². The molecule has 0 saturated carbocycles. The zero-order chi connectivity index (χ0) is 19.1. The smallest absolute Gasteiger partial charge is 0.226 e. The standard InChI is InChI=1S/C21H20N4O3/c1-2-27-18-7-4-3-6-14(18)20-19-15(24-21-22-12-23-25(20)21)10-13(11-16(19)26)17-8-5-9-28-17/h3-9,12-13,20H,2,10-11H2,1H3,(H,22,23,24)/t13-,20-/m0/s1. The van der Waals surface area contributed by atoms with Gasteiger partial charge in [-0.05, 0) is 31.5 Å². The third-order valence-corrected chi connectivity index (χ3v) is 5.32. The molecule has 2 aromatic heterocycles. The van der Waals surface area contributed by atoms with Gasteiger partial charge in [-0.25, -0.2) is 4.68 Å². The molecule has 1 aromatic carbocycles. The number of Topliss-reactive ketones (excluding diaryl/α,β-unsaturated/α-hetero) is 1. The lowest BCUT2D eigenvalue weighted by atomic mass is 9.79. The molecule has 0 unspecified atom stereocenters. The number of anilines is 1. The molecule has 3 heterocycles. The second-order valence-corrected chi connectivity index (χ2v) is 6.96. The first kappa shape index (κ1) is 16.8. The molecule has 1 aliphatic heterocycles. The van der Waals surface area contributed by atoms with Crippen LogP contribution in [0.3, 0.4) is 0 Å². The van der Waals surface area contributed by atoms with Crippen LogP contribution in [0.25, 0.3) is 0 Å². The lowest BCUT2D eigenvalue weighted by molar-refractivity contribution is -0.117. The van der Waals surface area contributed by atoms with Gasteiger partial charge < -0.3 is 14.5 Å². The first-order valence-electron chi connectivity index (χ1n) is 9.44. The molecule has 3 aromatic rings. The summed E-state index contributed by atoms with van der Waals surface area (Å²) in [5, 5.41) is 7.71. The molecule has 0 saturated heterocycles. The summed E-state index contributed by atoms with van der Waals surface area (Å²) in [6.45, 7) is 2.50. The monoisotopic (exact) mass is 376 g/mol. The van der Waals surface area contributed by atoms with Crippen molar-refractivity contribution in [1.29, 1.82) is 0 Å². The van der Waals surface area contributed by atoms with Gasteiger partial charge in [-0.15, -0.1) is 0 Å². The summed E-state index contributed by atoms with van der Waals surface area (Å²) in [6.07, 6.45) is 4.25. The van der Waals surface area contributed by atoms with E-state index in [2.05, 4.69) is 15.4 Å². The number of fused-ring (bicyclic) bond motifs is 1. The van der Waals surface area contributed by atoms with E-state index in [1.807, 2.05) is 43.3 Å². The molecule has 0 amide bonds. The number of ether oxygens (including phenoxy) is 1. The van der Waals surface area contributed by atoms with Crippen molar-refractivity contribution < 1.29 is 13.9 Å². The van der Waals surface area contributed by atoms with Crippen LogP contribution in [0, 0.1) is 0 Å². The van der Waals surface area contributed by atoms with Gasteiger partial charge in [-0.1, -0.05) is 18.2 Å². The van der Waals surface area contributed by atoms with Gasteiger partial charge in [0.1, 0.15) is 23.9 Å². The lowest BCUT2D eigenvalue weighted by Crippen LogP contribution is -2.33. The third kappa shape index (κ3) is 2.62. The second-order valence-electron chi connectivity index (χ2n) is 6.96. The van der Waals surface area contributed by atoms with E-state index >= 15 is 0 Å². The van der Waals surface area contributed by atoms with Crippen molar-refractivity contribution >= 4 is 11.7 Å². The largest absolute Gasteiger partial charge is 0.494 e. The molecule has 1 N–H and O–H groups in total. The maximum atomic E-state index is 13.3. The fourth-order valence-corrected chi connectivity index (χ4v) is 4.16. The molecule has 142 valence electrons. The second kappa shape index (κ2) is 6.67. The topological polar surface area (TPSA) is 82.2 Å². The van der Waals surface area contributed by atoms with Crippen LogP contribution in [0.4, 0.5) is 5.95 Å². The van der Waals surface area contributed by atoms with Crippen molar-refractivity contribution in [3.05, 3.63) is 71.6 Å². The van der Waals surface area contributed by atoms with Crippen LogP contribution in [0.5, 0.6) is 5.75 Å². The van der Waals surface area contributed by atoms with Crippen molar-refractivity contribution in [2.24, 2.45) is 0 Å². The van der Waals surface area contributed by atoms with Crippen LogP contribution >= 0.6 is 0 Å². The average Bonchev–Trinajstić information content (AvgIpc) is 3.39.